The van der Waals surface area contributed by atoms with Crippen molar-refractivity contribution in [3.63, 3.8) is 0 Å². The van der Waals surface area contributed by atoms with E-state index in [0.29, 0.717) is 0 Å². The van der Waals surface area contributed by atoms with Gasteiger partial charge in [-0.3, -0.25) is 0 Å². The summed E-state index contributed by atoms with van der Waals surface area (Å²) in [4.78, 5) is 10.4. The van der Waals surface area contributed by atoms with Crippen LogP contribution in [0.4, 0.5) is 0 Å². The molecule has 1 aliphatic heterocycles. The van der Waals surface area contributed by atoms with Crippen molar-refractivity contribution in [2.45, 2.75) is 24.5 Å². The molecule has 2 nitrogen and oxygen atoms in total. The average molecular weight is 339 g/mol. The van der Waals surface area contributed by atoms with Crippen molar-refractivity contribution in [3.05, 3.63) is 0 Å². The summed E-state index contributed by atoms with van der Waals surface area (Å²) in [5.74, 6) is 0. The van der Waals surface area contributed by atoms with E-state index in [1.165, 1.54) is 0 Å². The fraction of sp³-hybridized carbons (Fsp3) is 0.833. The van der Waals surface area contributed by atoms with Crippen LogP contribution in [0.15, 0.2) is 0 Å². The minimum Gasteiger partial charge on any atom is -0.372 e. The van der Waals surface area contributed by atoms with E-state index in [2.05, 4.69) is 0 Å². The first-order valence-electron chi connectivity index (χ1n) is 3.37. The van der Waals surface area contributed by atoms with Crippen molar-refractivity contribution in [1.29, 1.82) is 0 Å². The molecule has 1 saturated heterocycles. The summed E-state index contributed by atoms with van der Waals surface area (Å²) in [5.41, 5.74) is 0. The standard InChI is InChI=1S/C6H12O2Si.Pt/c7-5-6(9)3-1-2-4-8-6;/h5H,1-4H2,9H3;. The van der Waals surface area contributed by atoms with E-state index in [9.17, 15) is 4.79 Å². The Kier molecular flexibility index (Phi) is 4.66. The molecule has 0 aromatic rings. The van der Waals surface area contributed by atoms with Crippen molar-refractivity contribution in [3.8, 4) is 0 Å². The first kappa shape index (κ1) is 10.5. The van der Waals surface area contributed by atoms with E-state index < -0.39 is 0 Å². The molecule has 10 heavy (non-hydrogen) atoms. The van der Waals surface area contributed by atoms with Crippen LogP contribution in [-0.4, -0.2) is 28.4 Å². The van der Waals surface area contributed by atoms with Gasteiger partial charge in [0, 0.05) is 27.7 Å². The monoisotopic (exact) mass is 339 g/mol. The Morgan fingerprint density at radius 2 is 2.20 bits per heavy atom. The minimum atomic E-state index is -0.321. The molecule has 0 amide bonds. The number of aldehydes is 1. The second kappa shape index (κ2) is 4.42. The zero-order valence-corrected chi connectivity index (χ0v) is 10.3. The Bertz CT molecular complexity index is 112. The summed E-state index contributed by atoms with van der Waals surface area (Å²) in [6.07, 6.45) is 4.20. The molecule has 0 aromatic heterocycles. The van der Waals surface area contributed by atoms with Gasteiger partial charge >= 0.3 is 0 Å². The van der Waals surface area contributed by atoms with E-state index in [1.54, 1.807) is 0 Å². The molecule has 1 aliphatic rings. The van der Waals surface area contributed by atoms with Gasteiger partial charge in [-0.25, -0.2) is 0 Å². The maximum Gasteiger partial charge on any atom is 0.147 e. The van der Waals surface area contributed by atoms with Gasteiger partial charge in [-0.05, 0) is 19.3 Å². The molecule has 0 saturated carbocycles. The largest absolute Gasteiger partial charge is 0.372 e. The van der Waals surface area contributed by atoms with E-state index in [4.69, 9.17) is 4.74 Å². The Hall–Kier alpha value is 0.535. The zero-order chi connectivity index (χ0) is 6.74. The van der Waals surface area contributed by atoms with Crippen LogP contribution >= 0.6 is 0 Å². The molecule has 0 bridgehead atoms. The summed E-state index contributed by atoms with van der Waals surface area (Å²) < 4.78 is 5.31. The number of rotatable bonds is 1. The number of ether oxygens (including phenoxy) is 1. The van der Waals surface area contributed by atoms with Crippen LogP contribution < -0.4 is 0 Å². The molecule has 1 heterocycles. The third kappa shape index (κ3) is 2.65. The topological polar surface area (TPSA) is 26.3 Å². The third-order valence-electron chi connectivity index (χ3n) is 1.75. The Labute approximate surface area is 78.4 Å². The summed E-state index contributed by atoms with van der Waals surface area (Å²) in [6, 6.07) is 0. The van der Waals surface area contributed by atoms with Crippen LogP contribution in [-0.2, 0) is 30.6 Å². The SMILES string of the molecule is O=CC1([SiH3])CCCCO1.[Pt]. The molecule has 1 unspecified atom stereocenters. The maximum atomic E-state index is 10.4. The second-order valence-electron chi connectivity index (χ2n) is 2.74. The second-order valence-corrected chi connectivity index (χ2v) is 4.43. The molecule has 0 aromatic carbocycles. The number of hydrogen-bond donors (Lipinski definition) is 0. The molecule has 0 radical (unpaired) electrons. The Morgan fingerprint density at radius 1 is 1.50 bits per heavy atom. The normalized spacial score (nSPS) is 32.8. The molecule has 4 heteroatoms. The van der Waals surface area contributed by atoms with Crippen molar-refractivity contribution in [2.24, 2.45) is 0 Å². The molecule has 1 rings (SSSR count). The smallest absolute Gasteiger partial charge is 0.147 e. The van der Waals surface area contributed by atoms with E-state index >= 15 is 0 Å². The predicted molar refractivity (Wildman–Crippen MR) is 38.5 cm³/mol. The molecule has 1 atom stereocenters. The van der Waals surface area contributed by atoms with Crippen LogP contribution in [0.5, 0.6) is 0 Å². The van der Waals surface area contributed by atoms with Crippen molar-refractivity contribution in [1.82, 2.24) is 0 Å². The van der Waals surface area contributed by atoms with Gasteiger partial charge in [0.25, 0.3) is 0 Å². The van der Waals surface area contributed by atoms with Gasteiger partial charge in [-0.2, -0.15) is 0 Å². The fourth-order valence-electron chi connectivity index (χ4n) is 1.05. The quantitative estimate of drug-likeness (QED) is 0.473. The van der Waals surface area contributed by atoms with Crippen molar-refractivity contribution in [2.75, 3.05) is 6.61 Å². The number of carbonyl (C=O) groups is 1. The van der Waals surface area contributed by atoms with Gasteiger partial charge in [0.2, 0.25) is 0 Å². The van der Waals surface area contributed by atoms with Crippen LogP contribution in [0, 0.1) is 0 Å². The van der Waals surface area contributed by atoms with E-state index in [-0.39, 0.29) is 26.3 Å². The minimum absolute atomic E-state index is 0. The van der Waals surface area contributed by atoms with E-state index in [0.717, 1.165) is 42.4 Å². The van der Waals surface area contributed by atoms with Gasteiger partial charge in [-0.15, -0.1) is 0 Å². The van der Waals surface area contributed by atoms with Crippen molar-refractivity contribution < 1.29 is 30.6 Å². The first-order chi connectivity index (χ1) is 4.27. The summed E-state index contributed by atoms with van der Waals surface area (Å²) in [5, 5.41) is -0.321. The molecule has 0 spiro atoms. The van der Waals surface area contributed by atoms with Gasteiger partial charge in [0.05, 0.1) is 10.2 Å². The first-order valence-corrected chi connectivity index (χ1v) is 4.37. The number of carbonyl (C=O) groups excluding carboxylic acids is 1. The molecule has 1 fully saturated rings. The van der Waals surface area contributed by atoms with E-state index in [1.807, 2.05) is 0 Å². The molecular weight excluding hydrogens is 327 g/mol. The average Bonchev–Trinajstić information content (AvgIpc) is 1.90. The summed E-state index contributed by atoms with van der Waals surface area (Å²) in [6.45, 7) is 0.780. The summed E-state index contributed by atoms with van der Waals surface area (Å²) in [7, 11) is 0.840. The summed E-state index contributed by atoms with van der Waals surface area (Å²) >= 11 is 0. The molecule has 62 valence electrons. The van der Waals surface area contributed by atoms with Crippen LogP contribution in [0.25, 0.3) is 0 Å². The molecular formula is C6H12O2PtSi. The molecule has 0 N–H and O–H groups in total. The molecule has 0 aliphatic carbocycles. The number of hydrogen-bond acceptors (Lipinski definition) is 2. The fourth-order valence-corrected chi connectivity index (χ4v) is 1.61. The van der Waals surface area contributed by atoms with Crippen LogP contribution in [0.3, 0.4) is 0 Å². The van der Waals surface area contributed by atoms with Gasteiger partial charge < -0.3 is 9.53 Å². The predicted octanol–water partition coefficient (Wildman–Crippen LogP) is -0.555. The van der Waals surface area contributed by atoms with Crippen molar-refractivity contribution >= 4 is 16.5 Å². The Balaban J connectivity index is 0.000000810. The van der Waals surface area contributed by atoms with Gasteiger partial charge in [0.15, 0.2) is 0 Å². The third-order valence-corrected chi connectivity index (χ3v) is 2.77. The Morgan fingerprint density at radius 3 is 2.50 bits per heavy atom. The maximum absolute atomic E-state index is 10.4. The van der Waals surface area contributed by atoms with Gasteiger partial charge in [-0.1, -0.05) is 0 Å². The van der Waals surface area contributed by atoms with Gasteiger partial charge in [0.1, 0.15) is 11.5 Å². The van der Waals surface area contributed by atoms with Crippen LogP contribution in [0.1, 0.15) is 19.3 Å². The zero-order valence-electron chi connectivity index (χ0n) is 6.04. The van der Waals surface area contributed by atoms with Crippen LogP contribution in [0.2, 0.25) is 0 Å².